The van der Waals surface area contributed by atoms with Crippen LogP contribution in [0.4, 0.5) is 0 Å². The molecule has 1 aliphatic heterocycles. The second-order valence-corrected chi connectivity index (χ2v) is 4.84. The number of ketones is 1. The number of hydrogen-bond acceptors (Lipinski definition) is 4. The van der Waals surface area contributed by atoms with E-state index in [1.165, 1.54) is 0 Å². The third kappa shape index (κ3) is 2.37. The molecule has 2 N–H and O–H groups in total. The Hall–Kier alpha value is -1.78. The number of nitrogens with two attached hydrogens (primary N) is 1. The predicted molar refractivity (Wildman–Crippen MR) is 73.0 cm³/mol. The highest BCUT2D eigenvalue weighted by atomic mass is 16.5. The fourth-order valence-electron chi connectivity index (χ4n) is 2.46. The van der Waals surface area contributed by atoms with E-state index in [9.17, 15) is 4.79 Å². The Morgan fingerprint density at radius 3 is 3.00 bits per heavy atom. The first kappa shape index (κ1) is 12.3. The first-order chi connectivity index (χ1) is 9.28. The number of carbonyl (C=O) groups excluding carboxylic acids is 1. The molecule has 1 aromatic heterocycles. The number of aromatic nitrogens is 1. The molecule has 2 atom stereocenters. The van der Waals surface area contributed by atoms with Crippen molar-refractivity contribution in [1.82, 2.24) is 4.98 Å². The van der Waals surface area contributed by atoms with E-state index in [-0.39, 0.29) is 18.0 Å². The van der Waals surface area contributed by atoms with E-state index >= 15 is 0 Å². The number of benzene rings is 1. The van der Waals surface area contributed by atoms with Gasteiger partial charge in [-0.25, -0.2) is 0 Å². The average molecular weight is 256 g/mol. The van der Waals surface area contributed by atoms with Crippen LogP contribution in [0.25, 0.3) is 10.9 Å². The van der Waals surface area contributed by atoms with Crippen LogP contribution in [0.1, 0.15) is 23.2 Å². The molecule has 1 aliphatic rings. The molecular formula is C15H16N2O2. The second kappa shape index (κ2) is 5.07. The molecule has 1 saturated heterocycles. The van der Waals surface area contributed by atoms with Gasteiger partial charge in [0, 0.05) is 23.7 Å². The number of carbonyl (C=O) groups is 1. The van der Waals surface area contributed by atoms with Crippen LogP contribution in [0.5, 0.6) is 0 Å². The topological polar surface area (TPSA) is 65.2 Å². The Balaban J connectivity index is 1.85. The van der Waals surface area contributed by atoms with Gasteiger partial charge in [-0.2, -0.15) is 0 Å². The molecule has 0 spiro atoms. The molecule has 2 heterocycles. The molecule has 1 fully saturated rings. The van der Waals surface area contributed by atoms with Gasteiger partial charge in [0.15, 0.2) is 5.78 Å². The fourth-order valence-corrected chi connectivity index (χ4v) is 2.46. The van der Waals surface area contributed by atoms with Crippen molar-refractivity contribution in [3.05, 3.63) is 42.1 Å². The number of nitrogens with zero attached hydrogens (tertiary/aromatic N) is 1. The molecule has 0 saturated carbocycles. The monoisotopic (exact) mass is 256 g/mol. The number of rotatable bonds is 3. The minimum atomic E-state index is -0.364. The van der Waals surface area contributed by atoms with Crippen LogP contribution in [0.3, 0.4) is 0 Å². The van der Waals surface area contributed by atoms with Gasteiger partial charge in [-0.3, -0.25) is 9.78 Å². The lowest BCUT2D eigenvalue weighted by Gasteiger charge is -2.11. The SMILES string of the molecule is NCC1CCC(C(=O)c2cnc3ccccc3c2)O1. The number of fused-ring (bicyclic) bond motifs is 1. The highest BCUT2D eigenvalue weighted by Gasteiger charge is 2.30. The maximum absolute atomic E-state index is 12.3. The van der Waals surface area contributed by atoms with Gasteiger partial charge in [0.25, 0.3) is 0 Å². The zero-order valence-corrected chi connectivity index (χ0v) is 10.6. The maximum atomic E-state index is 12.3. The first-order valence-corrected chi connectivity index (χ1v) is 6.52. The number of hydrogen-bond donors (Lipinski definition) is 1. The van der Waals surface area contributed by atoms with Gasteiger partial charge >= 0.3 is 0 Å². The van der Waals surface area contributed by atoms with E-state index in [1.54, 1.807) is 6.20 Å². The van der Waals surface area contributed by atoms with Crippen molar-refractivity contribution in [3.8, 4) is 0 Å². The Labute approximate surface area is 111 Å². The normalized spacial score (nSPS) is 22.8. The van der Waals surface area contributed by atoms with Gasteiger partial charge in [0.2, 0.25) is 0 Å². The molecule has 0 amide bonds. The second-order valence-electron chi connectivity index (χ2n) is 4.84. The van der Waals surface area contributed by atoms with Gasteiger partial charge in [-0.1, -0.05) is 18.2 Å². The van der Waals surface area contributed by atoms with Gasteiger partial charge < -0.3 is 10.5 Å². The highest BCUT2D eigenvalue weighted by molar-refractivity contribution is 6.01. The summed E-state index contributed by atoms with van der Waals surface area (Å²) in [7, 11) is 0. The van der Waals surface area contributed by atoms with Crippen LogP contribution in [0, 0.1) is 0 Å². The summed E-state index contributed by atoms with van der Waals surface area (Å²) in [6.07, 6.45) is 2.88. The van der Waals surface area contributed by atoms with Gasteiger partial charge in [-0.05, 0) is 25.0 Å². The number of pyridine rings is 1. The molecule has 2 aromatic rings. The number of para-hydroxylation sites is 1. The minimum Gasteiger partial charge on any atom is -0.366 e. The van der Waals surface area contributed by atoms with E-state index in [2.05, 4.69) is 4.98 Å². The zero-order valence-electron chi connectivity index (χ0n) is 10.6. The minimum absolute atomic E-state index is 0.00852. The zero-order chi connectivity index (χ0) is 13.2. The van der Waals surface area contributed by atoms with Crippen molar-refractivity contribution in [2.75, 3.05) is 6.54 Å². The standard InChI is InChI=1S/C15H16N2O2/c16-8-12-5-6-14(19-12)15(18)11-7-10-3-1-2-4-13(10)17-9-11/h1-4,7,9,12,14H,5-6,8,16H2. The van der Waals surface area contributed by atoms with E-state index in [0.717, 1.165) is 23.7 Å². The maximum Gasteiger partial charge on any atom is 0.193 e. The Bertz CT molecular complexity index is 612. The van der Waals surface area contributed by atoms with Gasteiger partial charge in [-0.15, -0.1) is 0 Å². The smallest absolute Gasteiger partial charge is 0.193 e. The number of ether oxygens (including phenoxy) is 1. The van der Waals surface area contributed by atoms with E-state index in [4.69, 9.17) is 10.5 Å². The van der Waals surface area contributed by atoms with Crippen LogP contribution in [0.15, 0.2) is 36.5 Å². The summed E-state index contributed by atoms with van der Waals surface area (Å²) < 4.78 is 5.64. The van der Waals surface area contributed by atoms with Crippen molar-refractivity contribution >= 4 is 16.7 Å². The molecule has 0 aliphatic carbocycles. The Morgan fingerprint density at radius 2 is 2.21 bits per heavy atom. The summed E-state index contributed by atoms with van der Waals surface area (Å²) in [6, 6.07) is 9.64. The summed E-state index contributed by atoms with van der Waals surface area (Å²) in [6.45, 7) is 0.472. The van der Waals surface area contributed by atoms with Crippen LogP contribution < -0.4 is 5.73 Å². The molecule has 4 nitrogen and oxygen atoms in total. The molecule has 2 unspecified atom stereocenters. The summed E-state index contributed by atoms with van der Waals surface area (Å²) >= 11 is 0. The summed E-state index contributed by atoms with van der Waals surface area (Å²) in [5.74, 6) is 0.00852. The predicted octanol–water partition coefficient (Wildman–Crippen LogP) is 1.92. The van der Waals surface area contributed by atoms with Crippen molar-refractivity contribution < 1.29 is 9.53 Å². The summed E-state index contributed by atoms with van der Waals surface area (Å²) in [4.78, 5) is 16.7. The lowest BCUT2D eigenvalue weighted by atomic mass is 10.0. The highest BCUT2D eigenvalue weighted by Crippen LogP contribution is 2.23. The Kier molecular flexibility index (Phi) is 3.27. The molecule has 98 valence electrons. The largest absolute Gasteiger partial charge is 0.366 e. The fraction of sp³-hybridized carbons (Fsp3) is 0.333. The Morgan fingerprint density at radius 1 is 1.37 bits per heavy atom. The van der Waals surface area contributed by atoms with E-state index in [1.807, 2.05) is 30.3 Å². The first-order valence-electron chi connectivity index (χ1n) is 6.52. The third-order valence-corrected chi connectivity index (χ3v) is 3.54. The van der Waals surface area contributed by atoms with Crippen LogP contribution in [-0.2, 0) is 4.74 Å². The molecule has 1 aromatic carbocycles. The summed E-state index contributed by atoms with van der Waals surface area (Å²) in [5, 5.41) is 0.974. The van der Waals surface area contributed by atoms with Crippen molar-refractivity contribution in [2.24, 2.45) is 5.73 Å². The molecule has 19 heavy (non-hydrogen) atoms. The van der Waals surface area contributed by atoms with Gasteiger partial charge in [0.05, 0.1) is 11.6 Å². The van der Waals surface area contributed by atoms with Gasteiger partial charge in [0.1, 0.15) is 6.10 Å². The lowest BCUT2D eigenvalue weighted by molar-refractivity contribution is 0.0404. The molecule has 3 rings (SSSR count). The molecule has 0 bridgehead atoms. The summed E-state index contributed by atoms with van der Waals surface area (Å²) in [5.41, 5.74) is 7.07. The average Bonchev–Trinajstić information content (AvgIpc) is 2.95. The van der Waals surface area contributed by atoms with Crippen molar-refractivity contribution in [1.29, 1.82) is 0 Å². The number of Topliss-reactive ketones (excluding diaryl/α,β-unsaturated/α-hetero) is 1. The van der Waals surface area contributed by atoms with Crippen LogP contribution >= 0.6 is 0 Å². The van der Waals surface area contributed by atoms with Crippen LogP contribution in [0.2, 0.25) is 0 Å². The lowest BCUT2D eigenvalue weighted by Crippen LogP contribution is -2.25. The van der Waals surface area contributed by atoms with Crippen molar-refractivity contribution in [2.45, 2.75) is 25.0 Å². The van der Waals surface area contributed by atoms with E-state index in [0.29, 0.717) is 12.1 Å². The molecular weight excluding hydrogens is 240 g/mol. The van der Waals surface area contributed by atoms with E-state index < -0.39 is 0 Å². The van der Waals surface area contributed by atoms with Crippen molar-refractivity contribution in [3.63, 3.8) is 0 Å². The third-order valence-electron chi connectivity index (χ3n) is 3.54. The molecule has 0 radical (unpaired) electrons. The van der Waals surface area contributed by atoms with Crippen LogP contribution in [-0.4, -0.2) is 29.5 Å². The molecule has 4 heteroatoms. The quantitative estimate of drug-likeness (QED) is 0.852.